The quantitative estimate of drug-likeness (QED) is 0.657. The summed E-state index contributed by atoms with van der Waals surface area (Å²) in [7, 11) is 2.95. The van der Waals surface area contributed by atoms with Crippen molar-refractivity contribution in [1.82, 2.24) is 4.98 Å². The number of anilines is 2. The Morgan fingerprint density at radius 3 is 2.14 bits per heavy atom. The number of thiazole rings is 1. The number of nitrogens with one attached hydrogen (secondary N) is 2. The Bertz CT molecular complexity index is 980. The molecule has 8 heteroatoms. The maximum atomic E-state index is 12.7. The molecule has 1 aromatic heterocycles. The minimum Gasteiger partial charge on any atom is -0.496 e. The van der Waals surface area contributed by atoms with Gasteiger partial charge in [0.2, 0.25) is 0 Å². The summed E-state index contributed by atoms with van der Waals surface area (Å²) < 4.78 is 10.5. The van der Waals surface area contributed by atoms with Gasteiger partial charge in [-0.1, -0.05) is 35.6 Å². The van der Waals surface area contributed by atoms with Crippen LogP contribution in [0.25, 0.3) is 0 Å². The number of hydrogen-bond donors (Lipinski definition) is 2. The molecule has 7 nitrogen and oxygen atoms in total. The highest BCUT2D eigenvalue weighted by Gasteiger charge is 2.21. The molecular weight excluding hydrogens is 378 g/mol. The van der Waals surface area contributed by atoms with Gasteiger partial charge in [-0.2, -0.15) is 0 Å². The molecule has 2 amide bonds. The van der Waals surface area contributed by atoms with Gasteiger partial charge in [-0.3, -0.25) is 14.9 Å². The van der Waals surface area contributed by atoms with Crippen molar-refractivity contribution in [3.8, 4) is 11.5 Å². The van der Waals surface area contributed by atoms with Crippen LogP contribution in [-0.2, 0) is 0 Å². The van der Waals surface area contributed by atoms with Crippen LogP contribution in [0.2, 0.25) is 0 Å². The number of carbonyl (C=O) groups is 2. The highest BCUT2D eigenvalue weighted by atomic mass is 32.1. The van der Waals surface area contributed by atoms with Gasteiger partial charge in [0.1, 0.15) is 21.9 Å². The summed E-state index contributed by atoms with van der Waals surface area (Å²) in [6.07, 6.45) is 0. The van der Waals surface area contributed by atoms with Crippen molar-refractivity contribution in [1.29, 1.82) is 0 Å². The summed E-state index contributed by atoms with van der Waals surface area (Å²) in [4.78, 5) is 30.0. The first kappa shape index (κ1) is 19.4. The van der Waals surface area contributed by atoms with Crippen LogP contribution in [0.3, 0.4) is 0 Å². The van der Waals surface area contributed by atoms with Crippen molar-refractivity contribution in [2.45, 2.75) is 6.92 Å². The van der Waals surface area contributed by atoms with E-state index in [2.05, 4.69) is 15.6 Å². The van der Waals surface area contributed by atoms with E-state index in [0.717, 1.165) is 11.3 Å². The zero-order valence-corrected chi connectivity index (χ0v) is 16.4. The third-order valence-electron chi connectivity index (χ3n) is 3.91. The van der Waals surface area contributed by atoms with E-state index >= 15 is 0 Å². The van der Waals surface area contributed by atoms with Crippen LogP contribution >= 0.6 is 11.3 Å². The fourth-order valence-electron chi connectivity index (χ4n) is 2.60. The Labute approximate surface area is 166 Å². The first-order valence-electron chi connectivity index (χ1n) is 8.39. The van der Waals surface area contributed by atoms with Crippen molar-refractivity contribution in [3.05, 3.63) is 64.7 Å². The Morgan fingerprint density at radius 2 is 1.54 bits per heavy atom. The first-order valence-corrected chi connectivity index (χ1v) is 9.21. The average molecular weight is 397 g/mol. The molecule has 28 heavy (non-hydrogen) atoms. The van der Waals surface area contributed by atoms with Crippen LogP contribution in [-0.4, -0.2) is 31.0 Å². The standard InChI is InChI=1S/C20H19N3O4S/c1-12-17(19(25)22-13-8-5-4-6-9-13)28-20(21-12)23-18(24)16-14(26-2)10-7-11-15(16)27-3/h4-11H,1-3H3,(H,22,25)(H,21,23,24). The van der Waals surface area contributed by atoms with Gasteiger partial charge >= 0.3 is 0 Å². The Kier molecular flexibility index (Phi) is 5.90. The molecule has 0 aliphatic heterocycles. The number of hydrogen-bond acceptors (Lipinski definition) is 6. The topological polar surface area (TPSA) is 89.6 Å². The normalized spacial score (nSPS) is 10.2. The highest BCUT2D eigenvalue weighted by molar-refractivity contribution is 7.17. The highest BCUT2D eigenvalue weighted by Crippen LogP contribution is 2.30. The minimum atomic E-state index is -0.432. The molecule has 0 unspecified atom stereocenters. The number of aryl methyl sites for hydroxylation is 1. The molecule has 3 aromatic rings. The molecule has 0 bridgehead atoms. The first-order chi connectivity index (χ1) is 13.5. The predicted octanol–water partition coefficient (Wildman–Crippen LogP) is 3.97. The van der Waals surface area contributed by atoms with Crippen LogP contribution < -0.4 is 20.1 Å². The lowest BCUT2D eigenvalue weighted by Crippen LogP contribution is -2.14. The monoisotopic (exact) mass is 397 g/mol. The number of methoxy groups -OCH3 is 2. The van der Waals surface area contributed by atoms with E-state index in [1.54, 1.807) is 37.3 Å². The lowest BCUT2D eigenvalue weighted by atomic mass is 10.1. The Balaban J connectivity index is 1.80. The van der Waals surface area contributed by atoms with Crippen LogP contribution in [0, 0.1) is 6.92 Å². The molecule has 2 aromatic carbocycles. The third kappa shape index (κ3) is 4.12. The molecule has 144 valence electrons. The smallest absolute Gasteiger partial charge is 0.267 e. The van der Waals surface area contributed by atoms with Crippen LogP contribution in [0.1, 0.15) is 25.7 Å². The lowest BCUT2D eigenvalue weighted by molar-refractivity contribution is 0.101. The summed E-state index contributed by atoms with van der Waals surface area (Å²) in [5, 5.41) is 5.84. The maximum Gasteiger partial charge on any atom is 0.267 e. The van der Waals surface area contributed by atoms with E-state index < -0.39 is 5.91 Å². The molecule has 0 radical (unpaired) electrons. The Hall–Kier alpha value is -3.39. The van der Waals surface area contributed by atoms with Gasteiger partial charge in [0.05, 0.1) is 19.9 Å². The van der Waals surface area contributed by atoms with Gasteiger partial charge in [-0.15, -0.1) is 0 Å². The van der Waals surface area contributed by atoms with Crippen LogP contribution in [0.15, 0.2) is 48.5 Å². The number of para-hydroxylation sites is 1. The summed E-state index contributed by atoms with van der Waals surface area (Å²) in [6.45, 7) is 1.72. The number of nitrogens with zero attached hydrogens (tertiary/aromatic N) is 1. The summed E-state index contributed by atoms with van der Waals surface area (Å²) in [5.74, 6) is 0.0500. The van der Waals surface area contributed by atoms with E-state index in [4.69, 9.17) is 9.47 Å². The van der Waals surface area contributed by atoms with Crippen molar-refractivity contribution in [2.24, 2.45) is 0 Å². The number of benzene rings is 2. The van der Waals surface area contributed by atoms with Gasteiger partial charge in [-0.05, 0) is 31.2 Å². The second-order valence-electron chi connectivity index (χ2n) is 5.75. The van der Waals surface area contributed by atoms with Gasteiger partial charge in [0.15, 0.2) is 5.13 Å². The molecule has 0 atom stereocenters. The van der Waals surface area contributed by atoms with E-state index in [0.29, 0.717) is 32.9 Å². The molecule has 2 N–H and O–H groups in total. The molecule has 0 aliphatic rings. The summed E-state index contributed by atoms with van der Waals surface area (Å²) >= 11 is 1.10. The average Bonchev–Trinajstić information content (AvgIpc) is 3.08. The maximum absolute atomic E-state index is 12.7. The number of aromatic nitrogens is 1. The molecular formula is C20H19N3O4S. The number of amides is 2. The summed E-state index contributed by atoms with van der Waals surface area (Å²) in [6, 6.07) is 14.2. The van der Waals surface area contributed by atoms with Crippen LogP contribution in [0.4, 0.5) is 10.8 Å². The molecule has 0 spiro atoms. The van der Waals surface area contributed by atoms with Gasteiger partial charge in [-0.25, -0.2) is 4.98 Å². The molecule has 0 fully saturated rings. The fraction of sp³-hybridized carbons (Fsp3) is 0.150. The summed E-state index contributed by atoms with van der Waals surface area (Å²) in [5.41, 5.74) is 1.47. The van der Waals surface area contributed by atoms with E-state index in [-0.39, 0.29) is 11.5 Å². The zero-order valence-electron chi connectivity index (χ0n) is 15.6. The number of carbonyl (C=O) groups excluding carboxylic acids is 2. The number of rotatable bonds is 6. The second kappa shape index (κ2) is 8.53. The van der Waals surface area contributed by atoms with Gasteiger partial charge in [0.25, 0.3) is 11.8 Å². The van der Waals surface area contributed by atoms with Crippen molar-refractivity contribution in [2.75, 3.05) is 24.9 Å². The Morgan fingerprint density at radius 1 is 0.893 bits per heavy atom. The SMILES string of the molecule is COc1cccc(OC)c1C(=O)Nc1nc(C)c(C(=O)Nc2ccccc2)s1. The third-order valence-corrected chi connectivity index (χ3v) is 4.98. The van der Waals surface area contributed by atoms with Crippen molar-refractivity contribution in [3.63, 3.8) is 0 Å². The van der Waals surface area contributed by atoms with Crippen molar-refractivity contribution >= 4 is 34.0 Å². The predicted molar refractivity (Wildman–Crippen MR) is 109 cm³/mol. The van der Waals surface area contributed by atoms with E-state index in [1.807, 2.05) is 18.2 Å². The molecule has 0 saturated carbocycles. The van der Waals surface area contributed by atoms with Crippen LogP contribution in [0.5, 0.6) is 11.5 Å². The molecule has 1 heterocycles. The molecule has 3 rings (SSSR count). The fourth-order valence-corrected chi connectivity index (χ4v) is 3.46. The van der Waals surface area contributed by atoms with Gasteiger partial charge in [0, 0.05) is 5.69 Å². The van der Waals surface area contributed by atoms with Crippen molar-refractivity contribution < 1.29 is 19.1 Å². The second-order valence-corrected chi connectivity index (χ2v) is 6.74. The minimum absolute atomic E-state index is 0.260. The zero-order chi connectivity index (χ0) is 20.1. The van der Waals surface area contributed by atoms with E-state index in [1.165, 1.54) is 14.2 Å². The lowest BCUT2D eigenvalue weighted by Gasteiger charge is -2.11. The van der Waals surface area contributed by atoms with E-state index in [9.17, 15) is 9.59 Å². The van der Waals surface area contributed by atoms with Gasteiger partial charge < -0.3 is 14.8 Å². The molecule has 0 saturated heterocycles. The molecule has 0 aliphatic carbocycles. The number of ether oxygens (including phenoxy) is 2. The largest absolute Gasteiger partial charge is 0.496 e.